The number of nitrogens with zero attached hydrogens (tertiary/aromatic N) is 3. The first-order valence-corrected chi connectivity index (χ1v) is 11.8. The molecule has 148 valence electrons. The first-order valence-electron chi connectivity index (χ1n) is 10.8. The van der Waals surface area contributed by atoms with E-state index in [0.717, 1.165) is 24.0 Å². The van der Waals surface area contributed by atoms with Gasteiger partial charge in [-0.3, -0.25) is 4.79 Å². The number of rotatable bonds is 5. The maximum Gasteiger partial charge on any atom is 0.233 e. The van der Waals surface area contributed by atoms with Gasteiger partial charge in [-0.25, -0.2) is 4.98 Å². The maximum absolute atomic E-state index is 12.7. The van der Waals surface area contributed by atoms with Gasteiger partial charge in [0.05, 0.1) is 10.8 Å². The van der Waals surface area contributed by atoms with E-state index in [1.165, 1.54) is 71.0 Å². The number of carbonyl (C=O) groups excluding carboxylic acids is 1. The average Bonchev–Trinajstić information content (AvgIpc) is 3.11. The normalized spacial score (nSPS) is 27.3. The van der Waals surface area contributed by atoms with Crippen molar-refractivity contribution in [2.24, 2.45) is 11.3 Å². The molecule has 0 radical (unpaired) electrons. The zero-order chi connectivity index (χ0) is 18.5. The summed E-state index contributed by atoms with van der Waals surface area (Å²) in [7, 11) is 0. The Kier molecular flexibility index (Phi) is 6.39. The summed E-state index contributed by atoms with van der Waals surface area (Å²) >= 11 is 1.56. The largest absolute Gasteiger partial charge is 0.341 e. The molecule has 3 aliphatic rings. The molecular weight excluding hydrogens is 354 g/mol. The van der Waals surface area contributed by atoms with Crippen LogP contribution in [0, 0.1) is 11.3 Å². The lowest BCUT2D eigenvalue weighted by atomic mass is 9.78. The fourth-order valence-electron chi connectivity index (χ4n) is 5.34. The second-order valence-electron chi connectivity index (χ2n) is 8.86. The molecule has 3 fully saturated rings. The Hall–Kier alpha value is -1.07. The van der Waals surface area contributed by atoms with E-state index in [1.807, 2.05) is 18.2 Å². The van der Waals surface area contributed by atoms with Crippen molar-refractivity contribution in [2.75, 3.05) is 38.5 Å². The minimum atomic E-state index is 0.284. The molecule has 1 atom stereocenters. The van der Waals surface area contributed by atoms with Gasteiger partial charge in [0.25, 0.3) is 0 Å². The number of carbonyl (C=O) groups is 1. The number of piperidine rings is 1. The van der Waals surface area contributed by atoms with E-state index in [1.54, 1.807) is 18.0 Å². The second kappa shape index (κ2) is 8.95. The van der Waals surface area contributed by atoms with Crippen LogP contribution in [0.5, 0.6) is 0 Å². The minimum Gasteiger partial charge on any atom is -0.341 e. The molecule has 1 aliphatic carbocycles. The Balaban J connectivity index is 1.27. The predicted molar refractivity (Wildman–Crippen MR) is 111 cm³/mol. The SMILES string of the molecule is O=C(CSc1ccccn1)N1CCC2(CCCN(CC3CCCCC3)C2)C1. The van der Waals surface area contributed by atoms with Crippen LogP contribution in [0.3, 0.4) is 0 Å². The molecule has 4 rings (SSSR count). The number of amides is 1. The molecule has 1 unspecified atom stereocenters. The number of hydrogen-bond donors (Lipinski definition) is 0. The Morgan fingerprint density at radius 3 is 2.81 bits per heavy atom. The summed E-state index contributed by atoms with van der Waals surface area (Å²) in [6, 6.07) is 5.87. The summed E-state index contributed by atoms with van der Waals surface area (Å²) < 4.78 is 0. The third kappa shape index (κ3) is 5.05. The molecule has 2 aliphatic heterocycles. The topological polar surface area (TPSA) is 36.4 Å². The van der Waals surface area contributed by atoms with E-state index >= 15 is 0 Å². The molecule has 1 spiro atoms. The second-order valence-corrected chi connectivity index (χ2v) is 9.86. The van der Waals surface area contributed by atoms with Crippen molar-refractivity contribution in [2.45, 2.75) is 56.4 Å². The Morgan fingerprint density at radius 2 is 2.00 bits per heavy atom. The molecule has 0 bridgehead atoms. The number of likely N-dealkylation sites (tertiary alicyclic amines) is 2. The number of aromatic nitrogens is 1. The van der Waals surface area contributed by atoms with E-state index in [9.17, 15) is 4.79 Å². The van der Waals surface area contributed by atoms with Gasteiger partial charge in [-0.15, -0.1) is 0 Å². The van der Waals surface area contributed by atoms with Crippen molar-refractivity contribution in [3.63, 3.8) is 0 Å². The fourth-order valence-corrected chi connectivity index (χ4v) is 6.11. The van der Waals surface area contributed by atoms with Crippen molar-refractivity contribution in [3.8, 4) is 0 Å². The first kappa shape index (κ1) is 19.3. The van der Waals surface area contributed by atoms with Gasteiger partial charge in [0, 0.05) is 37.8 Å². The summed E-state index contributed by atoms with van der Waals surface area (Å²) in [5.74, 6) is 1.72. The van der Waals surface area contributed by atoms with E-state index in [4.69, 9.17) is 0 Å². The van der Waals surface area contributed by atoms with E-state index in [-0.39, 0.29) is 5.91 Å². The van der Waals surface area contributed by atoms with Crippen LogP contribution in [0.15, 0.2) is 29.4 Å². The quantitative estimate of drug-likeness (QED) is 0.714. The van der Waals surface area contributed by atoms with Gasteiger partial charge < -0.3 is 9.80 Å². The van der Waals surface area contributed by atoms with E-state index in [2.05, 4.69) is 14.8 Å². The molecule has 0 N–H and O–H groups in total. The van der Waals surface area contributed by atoms with Crippen LogP contribution in [0.1, 0.15) is 51.4 Å². The van der Waals surface area contributed by atoms with Gasteiger partial charge >= 0.3 is 0 Å². The van der Waals surface area contributed by atoms with Crippen molar-refractivity contribution < 1.29 is 4.79 Å². The fraction of sp³-hybridized carbons (Fsp3) is 0.727. The van der Waals surface area contributed by atoms with Crippen LogP contribution in [-0.2, 0) is 4.79 Å². The Morgan fingerprint density at radius 1 is 1.11 bits per heavy atom. The third-order valence-corrected chi connectivity index (χ3v) is 7.68. The highest BCUT2D eigenvalue weighted by Crippen LogP contribution is 2.40. The van der Waals surface area contributed by atoms with Crippen molar-refractivity contribution >= 4 is 17.7 Å². The molecule has 1 aromatic rings. The molecule has 3 heterocycles. The summed E-state index contributed by atoms with van der Waals surface area (Å²) in [5, 5.41) is 0.941. The molecule has 1 amide bonds. The smallest absolute Gasteiger partial charge is 0.233 e. The maximum atomic E-state index is 12.7. The van der Waals surface area contributed by atoms with Crippen LogP contribution in [0.2, 0.25) is 0 Å². The van der Waals surface area contributed by atoms with Crippen LogP contribution in [-0.4, -0.2) is 59.2 Å². The molecule has 1 saturated carbocycles. The van der Waals surface area contributed by atoms with Gasteiger partial charge in [0.15, 0.2) is 0 Å². The van der Waals surface area contributed by atoms with Gasteiger partial charge in [0.2, 0.25) is 5.91 Å². The van der Waals surface area contributed by atoms with Crippen LogP contribution in [0.4, 0.5) is 0 Å². The molecule has 5 heteroatoms. The zero-order valence-corrected chi connectivity index (χ0v) is 17.3. The lowest BCUT2D eigenvalue weighted by Gasteiger charge is -2.42. The summed E-state index contributed by atoms with van der Waals surface area (Å²) in [4.78, 5) is 21.9. The third-order valence-electron chi connectivity index (χ3n) is 6.75. The number of pyridine rings is 1. The number of thioether (sulfide) groups is 1. The monoisotopic (exact) mass is 387 g/mol. The lowest BCUT2D eigenvalue weighted by molar-refractivity contribution is -0.127. The molecule has 27 heavy (non-hydrogen) atoms. The van der Waals surface area contributed by atoms with E-state index in [0.29, 0.717) is 11.2 Å². The van der Waals surface area contributed by atoms with E-state index < -0.39 is 0 Å². The van der Waals surface area contributed by atoms with Gasteiger partial charge in [-0.1, -0.05) is 37.1 Å². The molecule has 2 saturated heterocycles. The van der Waals surface area contributed by atoms with Gasteiger partial charge in [-0.2, -0.15) is 0 Å². The number of hydrogen-bond acceptors (Lipinski definition) is 4. The molecule has 4 nitrogen and oxygen atoms in total. The van der Waals surface area contributed by atoms with Crippen molar-refractivity contribution in [1.82, 2.24) is 14.8 Å². The van der Waals surface area contributed by atoms with Crippen LogP contribution >= 0.6 is 11.8 Å². The highest BCUT2D eigenvalue weighted by atomic mass is 32.2. The lowest BCUT2D eigenvalue weighted by Crippen LogP contribution is -2.47. The average molecular weight is 388 g/mol. The zero-order valence-electron chi connectivity index (χ0n) is 16.4. The Bertz CT molecular complexity index is 619. The summed E-state index contributed by atoms with van der Waals surface area (Å²) in [5.41, 5.74) is 0.359. The van der Waals surface area contributed by atoms with Crippen LogP contribution in [0.25, 0.3) is 0 Å². The summed E-state index contributed by atoms with van der Waals surface area (Å²) in [6.07, 6.45) is 12.7. The standard InChI is InChI=1S/C22H33N3OS/c26-21(16-27-20-9-4-5-12-23-20)25-14-11-22(18-25)10-6-13-24(17-22)15-19-7-2-1-3-8-19/h4-5,9,12,19H,1-3,6-8,10-11,13-18H2. The highest BCUT2D eigenvalue weighted by Gasteiger charge is 2.42. The Labute approximate surface area is 168 Å². The van der Waals surface area contributed by atoms with Crippen molar-refractivity contribution in [1.29, 1.82) is 0 Å². The molecule has 0 aromatic carbocycles. The highest BCUT2D eigenvalue weighted by molar-refractivity contribution is 7.99. The predicted octanol–water partition coefficient (Wildman–Crippen LogP) is 4.07. The molecule has 1 aromatic heterocycles. The summed E-state index contributed by atoms with van der Waals surface area (Å²) in [6.45, 7) is 5.68. The first-order chi connectivity index (χ1) is 13.2. The molecular formula is C22H33N3OS. The van der Waals surface area contributed by atoms with Crippen molar-refractivity contribution in [3.05, 3.63) is 24.4 Å². The van der Waals surface area contributed by atoms with Gasteiger partial charge in [0.1, 0.15) is 0 Å². The minimum absolute atomic E-state index is 0.284. The van der Waals surface area contributed by atoms with Gasteiger partial charge in [-0.05, 0) is 56.7 Å². The van der Waals surface area contributed by atoms with Crippen LogP contribution < -0.4 is 0 Å².